The Morgan fingerprint density at radius 3 is 2.30 bits per heavy atom. The van der Waals surface area contributed by atoms with Gasteiger partial charge in [0.2, 0.25) is 11.8 Å². The maximum atomic E-state index is 12.1. The van der Waals surface area contributed by atoms with Gasteiger partial charge in [0.1, 0.15) is 0 Å². The molecule has 0 aliphatic carbocycles. The molecule has 0 fully saturated rings. The van der Waals surface area contributed by atoms with Crippen molar-refractivity contribution in [3.63, 3.8) is 0 Å². The monoisotopic (exact) mass is 453 g/mol. The number of para-hydroxylation sites is 2. The number of nitrogens with one attached hydrogen (secondary N) is 3. The average Bonchev–Trinajstić information content (AvgIpc) is 2.72. The van der Waals surface area contributed by atoms with Crippen molar-refractivity contribution in [2.75, 3.05) is 12.4 Å². The highest BCUT2D eigenvalue weighted by Gasteiger charge is 2.17. The predicted molar refractivity (Wildman–Crippen MR) is 114 cm³/mol. The zero-order chi connectivity index (χ0) is 22.1. The largest absolute Gasteiger partial charge is 0.493 e. The van der Waals surface area contributed by atoms with E-state index in [1.807, 2.05) is 0 Å². The molecule has 0 saturated heterocycles. The lowest BCUT2D eigenvalue weighted by Gasteiger charge is -2.16. The Balaban J connectivity index is 1.74. The molecule has 0 aliphatic heterocycles. The molecule has 0 bridgehead atoms. The summed E-state index contributed by atoms with van der Waals surface area (Å²) in [5, 5.41) is 3.32. The molecule has 0 radical (unpaired) electrons. The Labute approximate surface area is 183 Å². The molecule has 2 aromatic carbocycles. The number of carbonyl (C=O) groups is 3. The third-order valence-electron chi connectivity index (χ3n) is 3.85. The van der Waals surface area contributed by atoms with E-state index in [-0.39, 0.29) is 17.9 Å². The minimum atomic E-state index is -0.892. The van der Waals surface area contributed by atoms with E-state index < -0.39 is 23.8 Å². The number of ether oxygens (including phenoxy) is 2. The molecule has 160 valence electrons. The fourth-order valence-corrected chi connectivity index (χ4v) is 2.74. The number of hydrazine groups is 1. The average molecular weight is 454 g/mol. The van der Waals surface area contributed by atoms with Crippen molar-refractivity contribution in [1.82, 2.24) is 10.9 Å². The molecule has 0 spiro atoms. The van der Waals surface area contributed by atoms with E-state index in [1.54, 1.807) is 36.4 Å². The number of rotatable bonds is 8. The van der Waals surface area contributed by atoms with E-state index in [1.165, 1.54) is 20.1 Å². The van der Waals surface area contributed by atoms with E-state index in [0.29, 0.717) is 22.2 Å². The maximum Gasteiger partial charge on any atom is 0.279 e. The van der Waals surface area contributed by atoms with Gasteiger partial charge in [0.05, 0.1) is 17.8 Å². The molecular formula is C20H21Cl2N3O5. The number of benzene rings is 2. The molecule has 1 atom stereocenters. The van der Waals surface area contributed by atoms with Crippen LogP contribution in [-0.2, 0) is 14.4 Å². The molecule has 2 aromatic rings. The molecular weight excluding hydrogens is 433 g/mol. The SMILES string of the molecule is COc1ccccc1OC(C)C(=O)NNC(=O)CCC(=O)Nc1ccc(Cl)cc1Cl. The number of hydrogen-bond donors (Lipinski definition) is 3. The van der Waals surface area contributed by atoms with Crippen LogP contribution in [0.1, 0.15) is 19.8 Å². The van der Waals surface area contributed by atoms with Gasteiger partial charge >= 0.3 is 0 Å². The summed E-state index contributed by atoms with van der Waals surface area (Å²) in [6.45, 7) is 1.53. The summed E-state index contributed by atoms with van der Waals surface area (Å²) in [4.78, 5) is 35.9. The van der Waals surface area contributed by atoms with Gasteiger partial charge in [0.15, 0.2) is 17.6 Å². The van der Waals surface area contributed by atoms with Crippen LogP contribution in [0.2, 0.25) is 10.0 Å². The van der Waals surface area contributed by atoms with Crippen LogP contribution in [0.25, 0.3) is 0 Å². The topological polar surface area (TPSA) is 106 Å². The minimum absolute atomic E-state index is 0.103. The van der Waals surface area contributed by atoms with Gasteiger partial charge < -0.3 is 14.8 Å². The Bertz CT molecular complexity index is 923. The second-order valence-corrected chi connectivity index (χ2v) is 6.96. The van der Waals surface area contributed by atoms with Crippen molar-refractivity contribution in [2.24, 2.45) is 0 Å². The summed E-state index contributed by atoms with van der Waals surface area (Å²) in [5.41, 5.74) is 4.89. The lowest BCUT2D eigenvalue weighted by atomic mass is 10.2. The molecule has 0 saturated carbocycles. The van der Waals surface area contributed by atoms with Crippen molar-refractivity contribution in [3.05, 3.63) is 52.5 Å². The molecule has 8 nitrogen and oxygen atoms in total. The van der Waals surface area contributed by atoms with Gasteiger partial charge in [0, 0.05) is 17.9 Å². The highest BCUT2D eigenvalue weighted by molar-refractivity contribution is 6.36. The number of carbonyl (C=O) groups excluding carboxylic acids is 3. The Morgan fingerprint density at radius 1 is 0.967 bits per heavy atom. The van der Waals surface area contributed by atoms with Crippen LogP contribution in [0.5, 0.6) is 11.5 Å². The molecule has 0 heterocycles. The van der Waals surface area contributed by atoms with Crippen molar-refractivity contribution in [2.45, 2.75) is 25.9 Å². The van der Waals surface area contributed by atoms with Crippen molar-refractivity contribution in [3.8, 4) is 11.5 Å². The molecule has 0 aliphatic rings. The minimum Gasteiger partial charge on any atom is -0.493 e. The van der Waals surface area contributed by atoms with E-state index in [9.17, 15) is 14.4 Å². The fourth-order valence-electron chi connectivity index (χ4n) is 2.29. The van der Waals surface area contributed by atoms with Gasteiger partial charge in [-0.1, -0.05) is 35.3 Å². The highest BCUT2D eigenvalue weighted by Crippen LogP contribution is 2.27. The second kappa shape index (κ2) is 11.3. The van der Waals surface area contributed by atoms with E-state index in [4.69, 9.17) is 32.7 Å². The Hall–Kier alpha value is -2.97. The summed E-state index contributed by atoms with van der Waals surface area (Å²) in [6, 6.07) is 11.5. The van der Waals surface area contributed by atoms with Gasteiger partial charge in [-0.15, -0.1) is 0 Å². The van der Waals surface area contributed by atoms with Crippen LogP contribution < -0.4 is 25.6 Å². The van der Waals surface area contributed by atoms with Crippen molar-refractivity contribution < 1.29 is 23.9 Å². The quantitative estimate of drug-likeness (QED) is 0.531. The number of hydrogen-bond acceptors (Lipinski definition) is 5. The Morgan fingerprint density at radius 2 is 1.63 bits per heavy atom. The zero-order valence-electron chi connectivity index (χ0n) is 16.3. The summed E-state index contributed by atoms with van der Waals surface area (Å²) in [7, 11) is 1.49. The smallest absolute Gasteiger partial charge is 0.279 e. The standard InChI is InChI=1S/C20H21Cl2N3O5/c1-12(30-17-6-4-3-5-16(17)29-2)20(28)25-24-19(27)10-9-18(26)23-15-8-7-13(21)11-14(15)22/h3-8,11-12H,9-10H2,1-2H3,(H,23,26)(H,24,27)(H,25,28). The van der Waals surface area contributed by atoms with Gasteiger partial charge in [0.25, 0.3) is 5.91 Å². The lowest BCUT2D eigenvalue weighted by Crippen LogP contribution is -2.47. The van der Waals surface area contributed by atoms with Crippen molar-refractivity contribution >= 4 is 46.6 Å². The van der Waals surface area contributed by atoms with Crippen LogP contribution in [0, 0.1) is 0 Å². The van der Waals surface area contributed by atoms with Crippen LogP contribution in [0.4, 0.5) is 5.69 Å². The summed E-state index contributed by atoms with van der Waals surface area (Å²) in [5.74, 6) is -0.634. The normalized spacial score (nSPS) is 11.2. The lowest BCUT2D eigenvalue weighted by molar-refractivity contribution is -0.133. The number of anilines is 1. The van der Waals surface area contributed by atoms with Gasteiger partial charge in [-0.05, 0) is 37.3 Å². The van der Waals surface area contributed by atoms with Crippen LogP contribution >= 0.6 is 23.2 Å². The summed E-state index contributed by atoms with van der Waals surface area (Å²) in [6.07, 6.45) is -1.13. The summed E-state index contributed by atoms with van der Waals surface area (Å²) >= 11 is 11.8. The molecule has 3 N–H and O–H groups in total. The number of methoxy groups -OCH3 is 1. The van der Waals surface area contributed by atoms with Gasteiger partial charge in [-0.2, -0.15) is 0 Å². The van der Waals surface area contributed by atoms with E-state index in [2.05, 4.69) is 16.2 Å². The van der Waals surface area contributed by atoms with E-state index >= 15 is 0 Å². The van der Waals surface area contributed by atoms with Gasteiger partial charge in [-0.25, -0.2) is 0 Å². The molecule has 2 rings (SSSR count). The number of halogens is 2. The first-order valence-corrected chi connectivity index (χ1v) is 9.69. The van der Waals surface area contributed by atoms with Crippen LogP contribution in [0.3, 0.4) is 0 Å². The first kappa shape index (κ1) is 23.3. The van der Waals surface area contributed by atoms with Crippen LogP contribution in [0.15, 0.2) is 42.5 Å². The molecule has 0 aromatic heterocycles. The predicted octanol–water partition coefficient (Wildman–Crippen LogP) is 3.34. The number of amides is 3. The molecule has 10 heteroatoms. The fraction of sp³-hybridized carbons (Fsp3) is 0.250. The highest BCUT2D eigenvalue weighted by atomic mass is 35.5. The third kappa shape index (κ3) is 7.13. The van der Waals surface area contributed by atoms with Crippen LogP contribution in [-0.4, -0.2) is 30.9 Å². The Kier molecular flexibility index (Phi) is 8.76. The molecule has 3 amide bonds. The van der Waals surface area contributed by atoms with Crippen molar-refractivity contribution in [1.29, 1.82) is 0 Å². The maximum absolute atomic E-state index is 12.1. The second-order valence-electron chi connectivity index (χ2n) is 6.12. The zero-order valence-corrected chi connectivity index (χ0v) is 17.8. The first-order chi connectivity index (χ1) is 14.3. The molecule has 30 heavy (non-hydrogen) atoms. The summed E-state index contributed by atoms with van der Waals surface area (Å²) < 4.78 is 10.7. The third-order valence-corrected chi connectivity index (χ3v) is 4.40. The molecule has 1 unspecified atom stereocenters. The van der Waals surface area contributed by atoms with Gasteiger partial charge in [-0.3, -0.25) is 25.2 Å². The first-order valence-electron chi connectivity index (χ1n) is 8.93. The van der Waals surface area contributed by atoms with E-state index in [0.717, 1.165) is 0 Å².